The molecule has 0 radical (unpaired) electrons. The van der Waals surface area contributed by atoms with Crippen LogP contribution in [0.1, 0.15) is 12.5 Å². The van der Waals surface area contributed by atoms with Crippen LogP contribution < -0.4 is 4.74 Å². The second-order valence-electron chi connectivity index (χ2n) is 3.81. The van der Waals surface area contributed by atoms with Crippen molar-refractivity contribution in [2.24, 2.45) is 0 Å². The summed E-state index contributed by atoms with van der Waals surface area (Å²) in [4.78, 5) is 10.9. The fourth-order valence-corrected chi connectivity index (χ4v) is 1.59. The Hall–Kier alpha value is -2.24. The number of hydrogen-bond acceptors (Lipinski definition) is 3. The van der Waals surface area contributed by atoms with Crippen LogP contribution in [0.5, 0.6) is 5.75 Å². The van der Waals surface area contributed by atoms with Crippen LogP contribution in [0.25, 0.3) is 11.1 Å². The first kappa shape index (κ1) is 13.2. The molecule has 1 aromatic heterocycles. The summed E-state index contributed by atoms with van der Waals surface area (Å²) in [7, 11) is 0. The first-order valence-electron chi connectivity index (χ1n) is 5.30. The van der Waals surface area contributed by atoms with Crippen molar-refractivity contribution in [2.45, 2.75) is 13.1 Å². The highest BCUT2D eigenvalue weighted by Gasteiger charge is 2.31. The lowest BCUT2D eigenvalue weighted by atomic mass is 10.0. The molecule has 3 nitrogen and oxygen atoms in total. The molecule has 0 aliphatic heterocycles. The number of hydrogen-bond donors (Lipinski definition) is 0. The van der Waals surface area contributed by atoms with Crippen molar-refractivity contribution in [3.05, 3.63) is 42.4 Å². The Labute approximate surface area is 106 Å². The third-order valence-corrected chi connectivity index (χ3v) is 2.39. The molecule has 2 aromatic rings. The Kier molecular flexibility index (Phi) is 3.33. The number of carbonyl (C=O) groups excluding carboxylic acids is 1. The summed E-state index contributed by atoms with van der Waals surface area (Å²) in [5, 5.41) is 0. The number of carbonyl (C=O) groups is 1. The van der Waals surface area contributed by atoms with E-state index in [1.165, 1.54) is 25.5 Å². The molecular weight excluding hydrogens is 261 g/mol. The zero-order valence-electron chi connectivity index (χ0n) is 9.82. The molecule has 0 atom stereocenters. The monoisotopic (exact) mass is 270 g/mol. The van der Waals surface area contributed by atoms with Gasteiger partial charge >= 0.3 is 12.1 Å². The smallest absolute Gasteiger partial charge is 0.416 e. The molecule has 0 spiro atoms. The largest absolute Gasteiger partial charge is 0.472 e. The van der Waals surface area contributed by atoms with E-state index < -0.39 is 17.7 Å². The fourth-order valence-electron chi connectivity index (χ4n) is 1.59. The van der Waals surface area contributed by atoms with Gasteiger partial charge < -0.3 is 9.15 Å². The van der Waals surface area contributed by atoms with Crippen LogP contribution in [-0.4, -0.2) is 5.97 Å². The molecule has 0 amide bonds. The van der Waals surface area contributed by atoms with Gasteiger partial charge in [0.05, 0.1) is 18.1 Å². The molecule has 0 bridgehead atoms. The van der Waals surface area contributed by atoms with Crippen LogP contribution in [0.15, 0.2) is 41.2 Å². The van der Waals surface area contributed by atoms with E-state index in [0.717, 1.165) is 18.2 Å². The fraction of sp³-hybridized carbons (Fsp3) is 0.154. The van der Waals surface area contributed by atoms with Gasteiger partial charge in [0.2, 0.25) is 0 Å². The molecule has 19 heavy (non-hydrogen) atoms. The van der Waals surface area contributed by atoms with Crippen molar-refractivity contribution >= 4 is 5.97 Å². The maximum absolute atomic E-state index is 12.7. The number of halogens is 3. The van der Waals surface area contributed by atoms with Gasteiger partial charge in [-0.2, -0.15) is 13.2 Å². The molecule has 0 N–H and O–H groups in total. The van der Waals surface area contributed by atoms with E-state index in [1.807, 2.05) is 0 Å². The first-order valence-corrected chi connectivity index (χ1v) is 5.30. The van der Waals surface area contributed by atoms with E-state index in [-0.39, 0.29) is 11.3 Å². The molecule has 0 saturated heterocycles. The van der Waals surface area contributed by atoms with Crippen molar-refractivity contribution in [1.29, 1.82) is 0 Å². The molecule has 0 fully saturated rings. The van der Waals surface area contributed by atoms with Crippen molar-refractivity contribution in [1.82, 2.24) is 0 Å². The summed E-state index contributed by atoms with van der Waals surface area (Å²) in [6.07, 6.45) is -1.86. The molecule has 0 saturated carbocycles. The zero-order chi connectivity index (χ0) is 14.0. The van der Waals surface area contributed by atoms with E-state index in [9.17, 15) is 18.0 Å². The van der Waals surface area contributed by atoms with Gasteiger partial charge in [0.1, 0.15) is 5.75 Å². The summed E-state index contributed by atoms with van der Waals surface area (Å²) in [5.74, 6) is -0.550. The molecule has 0 aliphatic carbocycles. The Morgan fingerprint density at radius 2 is 2.00 bits per heavy atom. The second kappa shape index (κ2) is 4.79. The number of rotatable bonds is 2. The predicted octanol–water partition coefficient (Wildman–Crippen LogP) is 3.89. The zero-order valence-corrected chi connectivity index (χ0v) is 9.82. The maximum Gasteiger partial charge on any atom is 0.416 e. The summed E-state index contributed by atoms with van der Waals surface area (Å²) in [6, 6.07) is 4.39. The highest BCUT2D eigenvalue weighted by Crippen LogP contribution is 2.37. The molecule has 6 heteroatoms. The van der Waals surface area contributed by atoms with Crippen LogP contribution in [0, 0.1) is 0 Å². The highest BCUT2D eigenvalue weighted by molar-refractivity contribution is 5.76. The Morgan fingerprint density at radius 1 is 1.26 bits per heavy atom. The number of ether oxygens (including phenoxy) is 1. The van der Waals surface area contributed by atoms with E-state index >= 15 is 0 Å². The van der Waals surface area contributed by atoms with Gasteiger partial charge in [-0.25, -0.2) is 0 Å². The van der Waals surface area contributed by atoms with Crippen LogP contribution in [-0.2, 0) is 11.0 Å². The molecule has 0 aliphatic rings. The van der Waals surface area contributed by atoms with E-state index in [0.29, 0.717) is 5.56 Å². The van der Waals surface area contributed by atoms with Crippen molar-refractivity contribution < 1.29 is 27.1 Å². The van der Waals surface area contributed by atoms with Gasteiger partial charge in [-0.1, -0.05) is 0 Å². The average Bonchev–Trinajstić information content (AvgIpc) is 2.80. The number of esters is 1. The average molecular weight is 270 g/mol. The van der Waals surface area contributed by atoms with Gasteiger partial charge in [-0.05, 0) is 24.3 Å². The quantitative estimate of drug-likeness (QED) is 0.614. The lowest BCUT2D eigenvalue weighted by Gasteiger charge is -2.12. The Bertz CT molecular complexity index is 586. The standard InChI is InChI=1S/C13H9F3O3/c1-8(17)19-12-3-2-10(13(14,15)16)6-11(12)9-4-5-18-7-9/h2-7H,1H3. The number of benzene rings is 1. The highest BCUT2D eigenvalue weighted by atomic mass is 19.4. The third kappa shape index (κ3) is 2.96. The second-order valence-corrected chi connectivity index (χ2v) is 3.81. The SMILES string of the molecule is CC(=O)Oc1ccc(C(F)(F)F)cc1-c1ccoc1. The van der Waals surface area contributed by atoms with Gasteiger partial charge in [0, 0.05) is 18.1 Å². The van der Waals surface area contributed by atoms with Gasteiger partial charge in [-0.15, -0.1) is 0 Å². The minimum absolute atomic E-state index is 0.0573. The molecule has 100 valence electrons. The van der Waals surface area contributed by atoms with Crippen molar-refractivity contribution in [2.75, 3.05) is 0 Å². The summed E-state index contributed by atoms with van der Waals surface area (Å²) in [5.41, 5.74) is -0.263. The normalized spacial score (nSPS) is 11.4. The van der Waals surface area contributed by atoms with Crippen LogP contribution in [0.3, 0.4) is 0 Å². The van der Waals surface area contributed by atoms with E-state index in [2.05, 4.69) is 0 Å². The summed E-state index contributed by atoms with van der Waals surface area (Å²) in [6.45, 7) is 1.18. The number of furan rings is 1. The minimum Gasteiger partial charge on any atom is -0.472 e. The lowest BCUT2D eigenvalue weighted by Crippen LogP contribution is -2.07. The van der Waals surface area contributed by atoms with Gasteiger partial charge in [0.15, 0.2) is 0 Å². The maximum atomic E-state index is 12.7. The lowest BCUT2D eigenvalue weighted by molar-refractivity contribution is -0.137. The number of alkyl halides is 3. The third-order valence-electron chi connectivity index (χ3n) is 2.39. The first-order chi connectivity index (χ1) is 8.88. The van der Waals surface area contributed by atoms with Crippen LogP contribution >= 0.6 is 0 Å². The van der Waals surface area contributed by atoms with Gasteiger partial charge in [0.25, 0.3) is 0 Å². The van der Waals surface area contributed by atoms with Gasteiger partial charge in [-0.3, -0.25) is 4.79 Å². The topological polar surface area (TPSA) is 39.4 Å². The minimum atomic E-state index is -4.47. The predicted molar refractivity (Wildman–Crippen MR) is 60.5 cm³/mol. The Balaban J connectivity index is 2.54. The van der Waals surface area contributed by atoms with Crippen molar-refractivity contribution in [3.63, 3.8) is 0 Å². The molecule has 1 aromatic carbocycles. The Morgan fingerprint density at radius 3 is 2.53 bits per heavy atom. The summed E-state index contributed by atoms with van der Waals surface area (Å²) >= 11 is 0. The molecule has 2 rings (SSSR count). The van der Waals surface area contributed by atoms with Crippen LogP contribution in [0.4, 0.5) is 13.2 Å². The molecule has 0 unspecified atom stereocenters. The summed E-state index contributed by atoms with van der Waals surface area (Å²) < 4.78 is 47.7. The van der Waals surface area contributed by atoms with E-state index in [1.54, 1.807) is 0 Å². The van der Waals surface area contributed by atoms with Crippen LogP contribution in [0.2, 0.25) is 0 Å². The molecular formula is C13H9F3O3. The van der Waals surface area contributed by atoms with Crippen molar-refractivity contribution in [3.8, 4) is 16.9 Å². The molecule has 1 heterocycles. The van der Waals surface area contributed by atoms with E-state index in [4.69, 9.17) is 9.15 Å².